The maximum absolute atomic E-state index is 2.31. The van der Waals surface area contributed by atoms with Crippen molar-refractivity contribution in [2.45, 2.75) is 59.5 Å². The van der Waals surface area contributed by atoms with E-state index in [1.54, 1.807) is 4.90 Å². The van der Waals surface area contributed by atoms with Crippen LogP contribution in [0.2, 0.25) is 0 Å². The Morgan fingerprint density at radius 2 is 1.45 bits per heavy atom. The molecule has 0 aromatic carbocycles. The fourth-order valence-corrected chi connectivity index (χ4v) is 1.62. The van der Waals surface area contributed by atoms with Crippen molar-refractivity contribution in [1.29, 1.82) is 0 Å². The van der Waals surface area contributed by atoms with Crippen LogP contribution in [0.3, 0.4) is 0 Å². The summed E-state index contributed by atoms with van der Waals surface area (Å²) in [6.45, 7) is 12.8. The molecule has 1 heteroatoms. The zero-order valence-electron chi connectivity index (χ0n) is 8.78. The Morgan fingerprint density at radius 1 is 1.00 bits per heavy atom. The van der Waals surface area contributed by atoms with Crippen molar-refractivity contribution < 1.29 is 4.90 Å². The van der Waals surface area contributed by atoms with Crippen LogP contribution in [0.15, 0.2) is 0 Å². The van der Waals surface area contributed by atoms with Gasteiger partial charge in [-0.25, -0.2) is 0 Å². The SMILES string of the molecule is CCCC[NH+](C(C)C)C(C)C. The molecule has 0 heterocycles. The second kappa shape index (κ2) is 5.59. The van der Waals surface area contributed by atoms with Gasteiger partial charge >= 0.3 is 0 Å². The number of rotatable bonds is 5. The largest absolute Gasteiger partial charge is 0.331 e. The average Bonchev–Trinajstić information content (AvgIpc) is 1.87. The van der Waals surface area contributed by atoms with E-state index in [1.807, 2.05) is 0 Å². The number of unbranched alkanes of at least 4 members (excludes halogenated alkanes) is 1. The molecule has 0 aliphatic carbocycles. The molecule has 0 atom stereocenters. The Kier molecular flexibility index (Phi) is 5.57. The first-order valence-electron chi connectivity index (χ1n) is 4.95. The van der Waals surface area contributed by atoms with Crippen LogP contribution in [-0.2, 0) is 0 Å². The second-order valence-corrected chi connectivity index (χ2v) is 3.99. The predicted octanol–water partition coefficient (Wildman–Crippen LogP) is 1.49. The molecule has 0 radical (unpaired) electrons. The van der Waals surface area contributed by atoms with Crippen molar-refractivity contribution >= 4 is 0 Å². The van der Waals surface area contributed by atoms with Gasteiger partial charge in [-0.3, -0.25) is 0 Å². The highest BCUT2D eigenvalue weighted by Crippen LogP contribution is 1.83. The molecule has 0 saturated heterocycles. The summed E-state index contributed by atoms with van der Waals surface area (Å²) >= 11 is 0. The summed E-state index contributed by atoms with van der Waals surface area (Å²) in [4.78, 5) is 1.74. The van der Waals surface area contributed by atoms with Crippen molar-refractivity contribution in [3.8, 4) is 0 Å². The summed E-state index contributed by atoms with van der Waals surface area (Å²) in [6.07, 6.45) is 2.69. The molecule has 0 amide bonds. The normalized spacial score (nSPS) is 12.0. The second-order valence-electron chi connectivity index (χ2n) is 3.99. The van der Waals surface area contributed by atoms with Gasteiger partial charge in [-0.15, -0.1) is 0 Å². The summed E-state index contributed by atoms with van der Waals surface area (Å²) in [5.41, 5.74) is 0. The van der Waals surface area contributed by atoms with Crippen molar-refractivity contribution in [3.05, 3.63) is 0 Å². The lowest BCUT2D eigenvalue weighted by Crippen LogP contribution is -3.17. The lowest BCUT2D eigenvalue weighted by molar-refractivity contribution is -0.942. The predicted molar refractivity (Wildman–Crippen MR) is 51.0 cm³/mol. The molecule has 1 N–H and O–H groups in total. The van der Waals surface area contributed by atoms with E-state index in [4.69, 9.17) is 0 Å². The van der Waals surface area contributed by atoms with E-state index in [9.17, 15) is 0 Å². The van der Waals surface area contributed by atoms with Gasteiger partial charge in [0.05, 0.1) is 18.6 Å². The van der Waals surface area contributed by atoms with Crippen LogP contribution in [-0.4, -0.2) is 18.6 Å². The summed E-state index contributed by atoms with van der Waals surface area (Å²) in [6, 6.07) is 1.56. The molecule has 0 aliphatic heterocycles. The highest BCUT2D eigenvalue weighted by molar-refractivity contribution is 4.42. The number of quaternary nitrogens is 1. The quantitative estimate of drug-likeness (QED) is 0.618. The van der Waals surface area contributed by atoms with Crippen molar-refractivity contribution in [2.75, 3.05) is 6.54 Å². The molecule has 0 aromatic heterocycles. The van der Waals surface area contributed by atoms with Crippen molar-refractivity contribution in [3.63, 3.8) is 0 Å². The maximum atomic E-state index is 2.31. The first-order chi connectivity index (χ1) is 5.09. The molecule has 68 valence electrons. The summed E-state index contributed by atoms with van der Waals surface area (Å²) in [5.74, 6) is 0. The lowest BCUT2D eigenvalue weighted by Gasteiger charge is -2.27. The number of hydrogen-bond acceptors (Lipinski definition) is 0. The Morgan fingerprint density at radius 3 is 1.73 bits per heavy atom. The highest BCUT2D eigenvalue weighted by atomic mass is 15.2. The minimum absolute atomic E-state index is 0.779. The van der Waals surface area contributed by atoms with E-state index >= 15 is 0 Å². The van der Waals surface area contributed by atoms with Crippen LogP contribution in [0.25, 0.3) is 0 Å². The number of hydrogen-bond donors (Lipinski definition) is 1. The molecular formula is C10H24N+. The van der Waals surface area contributed by atoms with E-state index in [1.165, 1.54) is 19.4 Å². The lowest BCUT2D eigenvalue weighted by atomic mass is 10.2. The molecule has 0 rings (SSSR count). The number of nitrogens with one attached hydrogen (secondary N) is 1. The van der Waals surface area contributed by atoms with E-state index in [0.29, 0.717) is 0 Å². The van der Waals surface area contributed by atoms with Gasteiger partial charge in [-0.2, -0.15) is 0 Å². The van der Waals surface area contributed by atoms with Crippen LogP contribution in [0.4, 0.5) is 0 Å². The minimum Gasteiger partial charge on any atom is -0.331 e. The van der Waals surface area contributed by atoms with Gasteiger partial charge in [0.25, 0.3) is 0 Å². The van der Waals surface area contributed by atoms with Gasteiger partial charge in [-0.1, -0.05) is 13.3 Å². The topological polar surface area (TPSA) is 4.44 Å². The van der Waals surface area contributed by atoms with Crippen molar-refractivity contribution in [2.24, 2.45) is 0 Å². The Labute approximate surface area is 71.8 Å². The average molecular weight is 158 g/mol. The smallest absolute Gasteiger partial charge is 0.0819 e. The Hall–Kier alpha value is -0.0400. The fraction of sp³-hybridized carbons (Fsp3) is 1.00. The first kappa shape index (κ1) is 11.0. The van der Waals surface area contributed by atoms with Crippen molar-refractivity contribution in [1.82, 2.24) is 0 Å². The van der Waals surface area contributed by atoms with Gasteiger partial charge in [0.2, 0.25) is 0 Å². The van der Waals surface area contributed by atoms with Crippen LogP contribution in [0.5, 0.6) is 0 Å². The molecule has 0 saturated carbocycles. The molecular weight excluding hydrogens is 134 g/mol. The van der Waals surface area contributed by atoms with E-state index in [0.717, 1.165) is 12.1 Å². The molecule has 0 unspecified atom stereocenters. The van der Waals surface area contributed by atoms with Gasteiger partial charge < -0.3 is 4.90 Å². The molecule has 0 fully saturated rings. The van der Waals surface area contributed by atoms with Crippen LogP contribution in [0, 0.1) is 0 Å². The molecule has 0 spiro atoms. The van der Waals surface area contributed by atoms with E-state index in [2.05, 4.69) is 34.6 Å². The summed E-state index contributed by atoms with van der Waals surface area (Å²) in [7, 11) is 0. The van der Waals surface area contributed by atoms with Gasteiger partial charge in [-0.05, 0) is 34.1 Å². The third-order valence-corrected chi connectivity index (χ3v) is 2.30. The van der Waals surface area contributed by atoms with Crippen LogP contribution in [0.1, 0.15) is 47.5 Å². The molecule has 1 nitrogen and oxygen atoms in total. The monoisotopic (exact) mass is 158 g/mol. The summed E-state index contributed by atoms with van der Waals surface area (Å²) < 4.78 is 0. The van der Waals surface area contributed by atoms with Gasteiger partial charge in [0, 0.05) is 0 Å². The Balaban J connectivity index is 3.70. The standard InChI is InChI=1S/C10H23N/c1-6-7-8-11(9(2)3)10(4)5/h9-10H,6-8H2,1-5H3/p+1. The zero-order chi connectivity index (χ0) is 8.85. The van der Waals surface area contributed by atoms with Gasteiger partial charge in [0.1, 0.15) is 0 Å². The Bertz CT molecular complexity index is 78.9. The van der Waals surface area contributed by atoms with E-state index in [-0.39, 0.29) is 0 Å². The van der Waals surface area contributed by atoms with E-state index < -0.39 is 0 Å². The van der Waals surface area contributed by atoms with Crippen LogP contribution >= 0.6 is 0 Å². The highest BCUT2D eigenvalue weighted by Gasteiger charge is 2.15. The minimum atomic E-state index is 0.779. The van der Waals surface area contributed by atoms with Gasteiger partial charge in [0.15, 0.2) is 0 Å². The fourth-order valence-electron chi connectivity index (χ4n) is 1.62. The zero-order valence-corrected chi connectivity index (χ0v) is 8.78. The molecule has 0 aromatic rings. The third-order valence-electron chi connectivity index (χ3n) is 2.30. The molecule has 0 aliphatic rings. The maximum Gasteiger partial charge on any atom is 0.0819 e. The first-order valence-corrected chi connectivity index (χ1v) is 4.95. The molecule has 11 heavy (non-hydrogen) atoms. The third kappa shape index (κ3) is 4.41. The summed E-state index contributed by atoms with van der Waals surface area (Å²) in [5, 5.41) is 0. The molecule has 0 bridgehead atoms. The van der Waals surface area contributed by atoms with Crippen LogP contribution < -0.4 is 4.90 Å².